The number of carbonyl (C=O) groups excluding carboxylic acids is 3. The number of likely N-dealkylation sites (tertiary alicyclic amines) is 1. The first-order valence-electron chi connectivity index (χ1n) is 8.01. The van der Waals surface area contributed by atoms with Crippen LogP contribution in [0.4, 0.5) is 18.0 Å². The monoisotopic (exact) mass is 367 g/mol. The normalized spacial score (nSPS) is 16.3. The Balaban J connectivity index is 2.27. The second-order valence-corrected chi connectivity index (χ2v) is 6.80. The molecule has 0 aliphatic carbocycles. The highest BCUT2D eigenvalue weighted by atomic mass is 19.4. The highest BCUT2D eigenvalue weighted by molar-refractivity contribution is 5.82. The van der Waals surface area contributed by atoms with Gasteiger partial charge in [0, 0.05) is 32.1 Å². The average Bonchev–Trinajstić information content (AvgIpc) is 2.45. The molecular formula is C15H24F3N3O4. The molecule has 2 N–H and O–H groups in total. The van der Waals surface area contributed by atoms with Crippen molar-refractivity contribution in [2.45, 2.75) is 57.9 Å². The molecule has 0 bridgehead atoms. The Morgan fingerprint density at radius 2 is 1.68 bits per heavy atom. The Kier molecular flexibility index (Phi) is 7.06. The van der Waals surface area contributed by atoms with Gasteiger partial charge < -0.3 is 20.3 Å². The van der Waals surface area contributed by atoms with Crippen molar-refractivity contribution >= 4 is 17.9 Å². The predicted molar refractivity (Wildman–Crippen MR) is 82.7 cm³/mol. The maximum absolute atomic E-state index is 12.2. The molecule has 10 heteroatoms. The van der Waals surface area contributed by atoms with Crippen LogP contribution in [0.25, 0.3) is 0 Å². The van der Waals surface area contributed by atoms with Crippen LogP contribution < -0.4 is 10.6 Å². The molecule has 0 saturated carbocycles. The average molecular weight is 367 g/mol. The van der Waals surface area contributed by atoms with Gasteiger partial charge in [-0.05, 0) is 33.6 Å². The summed E-state index contributed by atoms with van der Waals surface area (Å²) in [4.78, 5) is 35.9. The zero-order valence-corrected chi connectivity index (χ0v) is 14.5. The largest absolute Gasteiger partial charge is 0.471 e. The summed E-state index contributed by atoms with van der Waals surface area (Å²) in [7, 11) is 0. The topological polar surface area (TPSA) is 87.7 Å². The van der Waals surface area contributed by atoms with Gasteiger partial charge in [-0.1, -0.05) is 0 Å². The predicted octanol–water partition coefficient (Wildman–Crippen LogP) is 1.57. The number of rotatable bonds is 4. The smallest absolute Gasteiger partial charge is 0.444 e. The van der Waals surface area contributed by atoms with Gasteiger partial charge in [-0.2, -0.15) is 13.2 Å². The molecule has 144 valence electrons. The highest BCUT2D eigenvalue weighted by Crippen LogP contribution is 2.17. The first-order chi connectivity index (χ1) is 11.4. The van der Waals surface area contributed by atoms with Gasteiger partial charge in [0.1, 0.15) is 5.60 Å². The Labute approximate surface area is 144 Å². The van der Waals surface area contributed by atoms with Crippen LogP contribution in [0.1, 0.15) is 40.0 Å². The second-order valence-electron chi connectivity index (χ2n) is 6.80. The molecule has 0 spiro atoms. The van der Waals surface area contributed by atoms with Gasteiger partial charge in [-0.25, -0.2) is 4.79 Å². The lowest BCUT2D eigenvalue weighted by molar-refractivity contribution is -0.174. The fourth-order valence-corrected chi connectivity index (χ4v) is 2.28. The van der Waals surface area contributed by atoms with Crippen LogP contribution >= 0.6 is 0 Å². The van der Waals surface area contributed by atoms with Crippen molar-refractivity contribution in [1.82, 2.24) is 15.5 Å². The van der Waals surface area contributed by atoms with E-state index in [0.29, 0.717) is 0 Å². The molecule has 25 heavy (non-hydrogen) atoms. The number of hydrogen-bond donors (Lipinski definition) is 2. The standard InChI is InChI=1S/C15H24F3N3O4/c1-14(2,3)25-13(24)19-7-4-11(22)21-8-5-10(6-9-21)20-12(23)15(16,17)18/h10H,4-9H2,1-3H3,(H,19,24)(H,20,23). The summed E-state index contributed by atoms with van der Waals surface area (Å²) in [5, 5.41) is 4.39. The van der Waals surface area contributed by atoms with Gasteiger partial charge in [0.2, 0.25) is 5.91 Å². The number of hydrogen-bond acceptors (Lipinski definition) is 4. The lowest BCUT2D eigenvalue weighted by atomic mass is 10.0. The maximum Gasteiger partial charge on any atom is 0.471 e. The number of ether oxygens (including phenoxy) is 1. The number of alkyl halides is 3. The molecule has 1 aliphatic rings. The van der Waals surface area contributed by atoms with Crippen molar-refractivity contribution in [2.75, 3.05) is 19.6 Å². The molecule has 0 radical (unpaired) electrons. The number of alkyl carbamates (subject to hydrolysis) is 1. The van der Waals surface area contributed by atoms with Crippen molar-refractivity contribution in [1.29, 1.82) is 0 Å². The second kappa shape index (κ2) is 8.39. The SMILES string of the molecule is CC(C)(C)OC(=O)NCCC(=O)N1CCC(NC(=O)C(F)(F)F)CC1. The number of nitrogens with zero attached hydrogens (tertiary/aromatic N) is 1. The molecule has 1 aliphatic heterocycles. The minimum absolute atomic E-state index is 0.0683. The zero-order chi connectivity index (χ0) is 19.3. The lowest BCUT2D eigenvalue weighted by Crippen LogP contribution is -2.49. The molecule has 0 aromatic rings. The third-order valence-electron chi connectivity index (χ3n) is 3.45. The molecule has 0 atom stereocenters. The molecule has 0 unspecified atom stereocenters. The summed E-state index contributed by atoms with van der Waals surface area (Å²) in [6.07, 6.45) is -4.94. The zero-order valence-electron chi connectivity index (χ0n) is 14.5. The molecule has 1 fully saturated rings. The van der Waals surface area contributed by atoms with Crippen molar-refractivity contribution < 1.29 is 32.3 Å². The summed E-state index contributed by atoms with van der Waals surface area (Å²) in [6.45, 7) is 5.79. The molecular weight excluding hydrogens is 343 g/mol. The van der Waals surface area contributed by atoms with Gasteiger partial charge in [0.05, 0.1) is 0 Å². The van der Waals surface area contributed by atoms with E-state index in [-0.39, 0.29) is 44.8 Å². The van der Waals surface area contributed by atoms with E-state index in [1.54, 1.807) is 20.8 Å². The van der Waals surface area contributed by atoms with Crippen molar-refractivity contribution in [3.63, 3.8) is 0 Å². The van der Waals surface area contributed by atoms with Crippen molar-refractivity contribution in [2.24, 2.45) is 0 Å². The minimum atomic E-state index is -4.90. The van der Waals surface area contributed by atoms with Crippen LogP contribution in [-0.4, -0.2) is 60.3 Å². The Morgan fingerprint density at radius 1 is 1.12 bits per heavy atom. The van der Waals surface area contributed by atoms with Crippen molar-refractivity contribution in [3.8, 4) is 0 Å². The summed E-state index contributed by atoms with van der Waals surface area (Å²) in [6, 6.07) is -0.599. The Bertz CT molecular complexity index is 495. The van der Waals surface area contributed by atoms with Gasteiger partial charge in [0.25, 0.3) is 0 Å². The Morgan fingerprint density at radius 3 is 2.16 bits per heavy atom. The van der Waals surface area contributed by atoms with Gasteiger partial charge in [0.15, 0.2) is 0 Å². The van der Waals surface area contributed by atoms with E-state index in [1.165, 1.54) is 4.90 Å². The third kappa shape index (κ3) is 8.08. The number of halogens is 3. The quantitative estimate of drug-likeness (QED) is 0.790. The molecule has 0 aromatic heterocycles. The van der Waals surface area contributed by atoms with Crippen molar-refractivity contribution in [3.05, 3.63) is 0 Å². The number of amides is 3. The molecule has 1 heterocycles. The number of carbonyl (C=O) groups is 3. The molecule has 1 saturated heterocycles. The van der Waals surface area contributed by atoms with Crippen LogP contribution in [0.5, 0.6) is 0 Å². The van der Waals surface area contributed by atoms with Crippen LogP contribution in [0.15, 0.2) is 0 Å². The van der Waals surface area contributed by atoms with E-state index < -0.39 is 29.8 Å². The van der Waals surface area contributed by atoms with Crippen LogP contribution in [0.3, 0.4) is 0 Å². The molecule has 3 amide bonds. The summed E-state index contributed by atoms with van der Waals surface area (Å²) >= 11 is 0. The molecule has 1 rings (SSSR count). The molecule has 7 nitrogen and oxygen atoms in total. The van der Waals surface area contributed by atoms with E-state index in [4.69, 9.17) is 4.74 Å². The first kappa shape index (κ1) is 21.0. The van der Waals surface area contributed by atoms with Gasteiger partial charge >= 0.3 is 18.2 Å². The van der Waals surface area contributed by atoms with Crippen LogP contribution in [0, 0.1) is 0 Å². The van der Waals surface area contributed by atoms with Gasteiger partial charge in [-0.3, -0.25) is 9.59 Å². The van der Waals surface area contributed by atoms with Crippen LogP contribution in [0.2, 0.25) is 0 Å². The van der Waals surface area contributed by atoms with Crippen LogP contribution in [-0.2, 0) is 14.3 Å². The maximum atomic E-state index is 12.2. The summed E-state index contributed by atoms with van der Waals surface area (Å²) < 4.78 is 41.6. The third-order valence-corrected chi connectivity index (χ3v) is 3.45. The number of nitrogens with one attached hydrogen (secondary N) is 2. The van der Waals surface area contributed by atoms with E-state index in [0.717, 1.165) is 0 Å². The fourth-order valence-electron chi connectivity index (χ4n) is 2.28. The first-order valence-corrected chi connectivity index (χ1v) is 8.01. The molecule has 0 aromatic carbocycles. The summed E-state index contributed by atoms with van der Waals surface area (Å²) in [5.74, 6) is -2.17. The highest BCUT2D eigenvalue weighted by Gasteiger charge is 2.40. The van der Waals surface area contributed by atoms with E-state index in [1.807, 2.05) is 5.32 Å². The van der Waals surface area contributed by atoms with Gasteiger partial charge in [-0.15, -0.1) is 0 Å². The minimum Gasteiger partial charge on any atom is -0.444 e. The fraction of sp³-hybridized carbons (Fsp3) is 0.800. The van der Waals surface area contributed by atoms with E-state index >= 15 is 0 Å². The van der Waals surface area contributed by atoms with E-state index in [9.17, 15) is 27.6 Å². The number of piperidine rings is 1. The lowest BCUT2D eigenvalue weighted by Gasteiger charge is -2.32. The Hall–Kier alpha value is -2.00. The van der Waals surface area contributed by atoms with E-state index in [2.05, 4.69) is 5.32 Å². The summed E-state index contributed by atoms with van der Waals surface area (Å²) in [5.41, 5.74) is -0.628.